The molecule has 0 aromatic carbocycles. The molecule has 4 nitrogen and oxygen atoms in total. The minimum Gasteiger partial charge on any atom is -0.444 e. The van der Waals surface area contributed by atoms with Crippen molar-refractivity contribution in [1.29, 1.82) is 0 Å². The number of aryl methyl sites for hydroxylation is 1. The Hall–Kier alpha value is -1.58. The van der Waals surface area contributed by atoms with Gasteiger partial charge in [-0.3, -0.25) is 10.3 Å². The first kappa shape index (κ1) is 12.5. The van der Waals surface area contributed by atoms with E-state index in [1.165, 1.54) is 0 Å². The van der Waals surface area contributed by atoms with E-state index < -0.39 is 11.7 Å². The summed E-state index contributed by atoms with van der Waals surface area (Å²) in [5.74, 6) is 0. The van der Waals surface area contributed by atoms with Gasteiger partial charge in [0.05, 0.1) is 5.69 Å². The van der Waals surface area contributed by atoms with Crippen molar-refractivity contribution in [2.45, 2.75) is 40.2 Å². The van der Waals surface area contributed by atoms with Crippen molar-refractivity contribution in [2.75, 3.05) is 5.32 Å². The van der Waals surface area contributed by atoms with Crippen LogP contribution in [0.2, 0.25) is 0 Å². The second-order valence-electron chi connectivity index (χ2n) is 4.70. The molecule has 88 valence electrons. The van der Waals surface area contributed by atoms with Gasteiger partial charge in [0.2, 0.25) is 0 Å². The molecule has 0 aliphatic carbocycles. The van der Waals surface area contributed by atoms with Crippen LogP contribution in [0.15, 0.2) is 12.3 Å². The van der Waals surface area contributed by atoms with Crippen LogP contribution in [0.5, 0.6) is 0 Å². The van der Waals surface area contributed by atoms with Gasteiger partial charge in [-0.15, -0.1) is 0 Å². The van der Waals surface area contributed by atoms with E-state index in [1.54, 1.807) is 12.3 Å². The fourth-order valence-electron chi connectivity index (χ4n) is 1.19. The fraction of sp³-hybridized carbons (Fsp3) is 0.500. The van der Waals surface area contributed by atoms with Gasteiger partial charge in [0, 0.05) is 11.9 Å². The zero-order chi connectivity index (χ0) is 12.3. The summed E-state index contributed by atoms with van der Waals surface area (Å²) >= 11 is 0. The van der Waals surface area contributed by atoms with Crippen molar-refractivity contribution in [3.05, 3.63) is 23.5 Å². The van der Waals surface area contributed by atoms with Crippen molar-refractivity contribution in [1.82, 2.24) is 4.98 Å². The normalized spacial score (nSPS) is 11.1. The van der Waals surface area contributed by atoms with Gasteiger partial charge in [-0.2, -0.15) is 0 Å². The van der Waals surface area contributed by atoms with Crippen LogP contribution in [0.1, 0.15) is 32.0 Å². The third-order valence-electron chi connectivity index (χ3n) is 2.09. The van der Waals surface area contributed by atoms with Crippen LogP contribution in [0, 0.1) is 13.8 Å². The molecule has 0 fully saturated rings. The van der Waals surface area contributed by atoms with Crippen molar-refractivity contribution in [3.8, 4) is 0 Å². The van der Waals surface area contributed by atoms with E-state index in [-0.39, 0.29) is 0 Å². The number of carbonyl (C=O) groups is 1. The topological polar surface area (TPSA) is 51.2 Å². The van der Waals surface area contributed by atoms with Gasteiger partial charge in [-0.1, -0.05) is 0 Å². The molecule has 1 heterocycles. The molecule has 0 aliphatic heterocycles. The molecule has 0 saturated carbocycles. The smallest absolute Gasteiger partial charge is 0.412 e. The summed E-state index contributed by atoms with van der Waals surface area (Å²) in [4.78, 5) is 15.7. The van der Waals surface area contributed by atoms with Gasteiger partial charge in [-0.25, -0.2) is 4.79 Å². The van der Waals surface area contributed by atoms with E-state index in [2.05, 4.69) is 10.3 Å². The highest BCUT2D eigenvalue weighted by molar-refractivity contribution is 5.85. The Morgan fingerprint density at radius 1 is 1.38 bits per heavy atom. The maximum absolute atomic E-state index is 11.5. The zero-order valence-electron chi connectivity index (χ0n) is 10.4. The molecule has 0 unspecified atom stereocenters. The molecule has 0 spiro atoms. The predicted molar refractivity (Wildman–Crippen MR) is 63.6 cm³/mol. The number of aromatic nitrogens is 1. The van der Waals surface area contributed by atoms with E-state index in [0.29, 0.717) is 0 Å². The molecule has 0 aliphatic rings. The Morgan fingerprint density at radius 3 is 2.56 bits per heavy atom. The van der Waals surface area contributed by atoms with Crippen molar-refractivity contribution < 1.29 is 9.53 Å². The van der Waals surface area contributed by atoms with E-state index in [0.717, 1.165) is 16.9 Å². The van der Waals surface area contributed by atoms with Crippen LogP contribution in [0.25, 0.3) is 0 Å². The number of anilines is 1. The summed E-state index contributed by atoms with van der Waals surface area (Å²) in [6.07, 6.45) is 1.22. The number of ether oxygens (including phenoxy) is 1. The maximum Gasteiger partial charge on any atom is 0.412 e. The van der Waals surface area contributed by atoms with Crippen LogP contribution in [0.3, 0.4) is 0 Å². The number of hydrogen-bond donors (Lipinski definition) is 1. The summed E-state index contributed by atoms with van der Waals surface area (Å²) in [5, 5.41) is 2.71. The number of nitrogens with zero attached hydrogens (tertiary/aromatic N) is 1. The van der Waals surface area contributed by atoms with Crippen molar-refractivity contribution in [2.24, 2.45) is 0 Å². The molecule has 0 saturated heterocycles. The van der Waals surface area contributed by atoms with Crippen LogP contribution < -0.4 is 5.32 Å². The SMILES string of the molecule is Cc1nccc(NC(=O)OC(C)(C)C)c1C. The Kier molecular flexibility index (Phi) is 3.52. The Balaban J connectivity index is 2.74. The van der Waals surface area contributed by atoms with E-state index >= 15 is 0 Å². The number of hydrogen-bond acceptors (Lipinski definition) is 3. The van der Waals surface area contributed by atoms with Crippen molar-refractivity contribution >= 4 is 11.8 Å². The summed E-state index contributed by atoms with van der Waals surface area (Å²) in [6.45, 7) is 9.30. The summed E-state index contributed by atoms with van der Waals surface area (Å²) in [7, 11) is 0. The Labute approximate surface area is 96.0 Å². The van der Waals surface area contributed by atoms with Gasteiger partial charge in [-0.05, 0) is 46.2 Å². The lowest BCUT2D eigenvalue weighted by Gasteiger charge is -2.20. The van der Waals surface area contributed by atoms with Crippen LogP contribution in [0.4, 0.5) is 10.5 Å². The van der Waals surface area contributed by atoms with Crippen LogP contribution in [-0.4, -0.2) is 16.7 Å². The molecular weight excluding hydrogens is 204 g/mol. The highest BCUT2D eigenvalue weighted by atomic mass is 16.6. The van der Waals surface area contributed by atoms with Gasteiger partial charge in [0.25, 0.3) is 0 Å². The highest BCUT2D eigenvalue weighted by Crippen LogP contribution is 2.17. The molecule has 1 aromatic heterocycles. The summed E-state index contributed by atoms with van der Waals surface area (Å²) in [5.41, 5.74) is 2.10. The molecular formula is C12H18N2O2. The van der Waals surface area contributed by atoms with Gasteiger partial charge in [0.15, 0.2) is 0 Å². The first-order valence-corrected chi connectivity index (χ1v) is 5.22. The molecule has 0 radical (unpaired) electrons. The Bertz CT molecular complexity index is 394. The average molecular weight is 222 g/mol. The lowest BCUT2D eigenvalue weighted by atomic mass is 10.2. The summed E-state index contributed by atoms with van der Waals surface area (Å²) < 4.78 is 5.17. The zero-order valence-corrected chi connectivity index (χ0v) is 10.4. The maximum atomic E-state index is 11.5. The lowest BCUT2D eigenvalue weighted by Crippen LogP contribution is -2.27. The molecule has 1 aromatic rings. The average Bonchev–Trinajstić information content (AvgIpc) is 2.09. The third kappa shape index (κ3) is 3.53. The van der Waals surface area contributed by atoms with Crippen molar-refractivity contribution in [3.63, 3.8) is 0 Å². The lowest BCUT2D eigenvalue weighted by molar-refractivity contribution is 0.0636. The van der Waals surface area contributed by atoms with Gasteiger partial charge < -0.3 is 4.74 Å². The first-order valence-electron chi connectivity index (χ1n) is 5.22. The van der Waals surface area contributed by atoms with E-state index in [4.69, 9.17) is 4.74 Å². The van der Waals surface area contributed by atoms with E-state index in [1.807, 2.05) is 34.6 Å². The monoisotopic (exact) mass is 222 g/mol. The number of carbonyl (C=O) groups excluding carboxylic acids is 1. The first-order chi connectivity index (χ1) is 7.29. The fourth-order valence-corrected chi connectivity index (χ4v) is 1.19. The number of rotatable bonds is 1. The molecule has 16 heavy (non-hydrogen) atoms. The molecule has 1 N–H and O–H groups in total. The quantitative estimate of drug-likeness (QED) is 0.794. The minimum atomic E-state index is -0.486. The van der Waals surface area contributed by atoms with Crippen LogP contribution in [-0.2, 0) is 4.74 Å². The van der Waals surface area contributed by atoms with Gasteiger partial charge >= 0.3 is 6.09 Å². The number of pyridine rings is 1. The molecule has 4 heteroatoms. The molecule has 0 atom stereocenters. The van der Waals surface area contributed by atoms with Gasteiger partial charge in [0.1, 0.15) is 5.60 Å². The second kappa shape index (κ2) is 4.51. The Morgan fingerprint density at radius 2 is 2.00 bits per heavy atom. The molecule has 0 bridgehead atoms. The molecule has 1 amide bonds. The number of amides is 1. The largest absolute Gasteiger partial charge is 0.444 e. The van der Waals surface area contributed by atoms with Crippen LogP contribution >= 0.6 is 0 Å². The second-order valence-corrected chi connectivity index (χ2v) is 4.70. The standard InChI is InChI=1S/C12H18N2O2/c1-8-9(2)13-7-6-10(8)14-11(15)16-12(3,4)5/h6-7H,1-5H3,(H,13,14,15). The molecule has 1 rings (SSSR count). The minimum absolute atomic E-state index is 0.443. The van der Waals surface area contributed by atoms with E-state index in [9.17, 15) is 4.79 Å². The predicted octanol–water partition coefficient (Wildman–Crippen LogP) is 3.05. The number of nitrogens with one attached hydrogen (secondary N) is 1. The third-order valence-corrected chi connectivity index (χ3v) is 2.09. The highest BCUT2D eigenvalue weighted by Gasteiger charge is 2.16. The summed E-state index contributed by atoms with van der Waals surface area (Å²) in [6, 6.07) is 1.76.